The molecule has 3 aliphatic heterocycles. The second-order valence-electron chi connectivity index (χ2n) is 8.61. The number of rotatable bonds is 5. The lowest BCUT2D eigenvalue weighted by Gasteiger charge is -2.28. The van der Waals surface area contributed by atoms with Crippen molar-refractivity contribution in [3.05, 3.63) is 65.2 Å². The first kappa shape index (κ1) is 22.1. The topological polar surface area (TPSA) is 91.3 Å². The summed E-state index contributed by atoms with van der Waals surface area (Å²) >= 11 is 0. The average molecular weight is 469 g/mol. The van der Waals surface area contributed by atoms with Gasteiger partial charge in [0, 0.05) is 38.3 Å². The number of ether oxygens (including phenoxy) is 1. The van der Waals surface area contributed by atoms with Crippen LogP contribution < -0.4 is 5.32 Å². The second kappa shape index (κ2) is 9.24. The molecule has 9 heteroatoms. The smallest absolute Gasteiger partial charge is 0.285 e. The van der Waals surface area contributed by atoms with Gasteiger partial charge in [0.15, 0.2) is 5.84 Å². The number of sulfonamides is 1. The summed E-state index contributed by atoms with van der Waals surface area (Å²) in [7, 11) is -3.72. The predicted octanol–water partition coefficient (Wildman–Crippen LogP) is 1.75. The molecule has 2 aromatic rings. The standard InChI is InChI=1S/C24H28N4O4S/c29-24(25-16-18-6-1-2-7-19(18)17-27-12-14-32-15-13-27)21-9-5-11-28(21)23-20-8-3-4-10-22(20)33(30,31)26-23/h1-4,6-8,10,21H,5,9,11-17H2,(H,25,29). The summed E-state index contributed by atoms with van der Waals surface area (Å²) in [6, 6.07) is 14.5. The number of nitrogens with zero attached hydrogens (tertiary/aromatic N) is 3. The van der Waals surface area contributed by atoms with Crippen LogP contribution in [0.4, 0.5) is 0 Å². The number of carbonyl (C=O) groups is 1. The number of likely N-dealkylation sites (tertiary alicyclic amines) is 1. The van der Waals surface area contributed by atoms with Crippen molar-refractivity contribution < 1.29 is 17.9 Å². The van der Waals surface area contributed by atoms with Crippen molar-refractivity contribution >= 4 is 21.8 Å². The van der Waals surface area contributed by atoms with Crippen molar-refractivity contribution in [1.29, 1.82) is 0 Å². The van der Waals surface area contributed by atoms with Gasteiger partial charge in [0.05, 0.1) is 13.2 Å². The molecule has 3 aliphatic rings. The maximum Gasteiger partial charge on any atom is 0.285 e. The van der Waals surface area contributed by atoms with Crippen molar-refractivity contribution in [2.75, 3.05) is 32.8 Å². The molecule has 1 N–H and O–H groups in total. The third kappa shape index (κ3) is 4.53. The number of fused-ring (bicyclic) bond motifs is 1. The van der Waals surface area contributed by atoms with E-state index in [1.807, 2.05) is 23.1 Å². The van der Waals surface area contributed by atoms with E-state index in [0.29, 0.717) is 30.9 Å². The van der Waals surface area contributed by atoms with Crippen LogP contribution in [0.2, 0.25) is 0 Å². The second-order valence-corrected chi connectivity index (χ2v) is 10.2. The molecule has 0 aliphatic carbocycles. The van der Waals surface area contributed by atoms with E-state index in [1.54, 1.807) is 24.3 Å². The Morgan fingerprint density at radius 2 is 1.76 bits per heavy atom. The Kier molecular flexibility index (Phi) is 6.18. The number of hydrogen-bond acceptors (Lipinski definition) is 6. The van der Waals surface area contributed by atoms with Gasteiger partial charge in [-0.05, 0) is 36.1 Å². The fraction of sp³-hybridized carbons (Fsp3) is 0.417. The Balaban J connectivity index is 1.28. The Labute approximate surface area is 194 Å². The van der Waals surface area contributed by atoms with E-state index in [-0.39, 0.29) is 10.8 Å². The summed E-state index contributed by atoms with van der Waals surface area (Å²) in [5.41, 5.74) is 2.87. The predicted molar refractivity (Wildman–Crippen MR) is 124 cm³/mol. The number of carbonyl (C=O) groups excluding carboxylic acids is 1. The van der Waals surface area contributed by atoms with E-state index in [9.17, 15) is 13.2 Å². The van der Waals surface area contributed by atoms with Gasteiger partial charge < -0.3 is 15.0 Å². The van der Waals surface area contributed by atoms with Crippen LogP contribution in [0.25, 0.3) is 0 Å². The molecule has 8 nitrogen and oxygen atoms in total. The van der Waals surface area contributed by atoms with Crippen LogP contribution in [0.3, 0.4) is 0 Å². The monoisotopic (exact) mass is 468 g/mol. The summed E-state index contributed by atoms with van der Waals surface area (Å²) in [6.45, 7) is 5.18. The minimum Gasteiger partial charge on any atom is -0.379 e. The molecule has 33 heavy (non-hydrogen) atoms. The number of hydrogen-bond donors (Lipinski definition) is 1. The van der Waals surface area contributed by atoms with Gasteiger partial charge in [0.2, 0.25) is 5.91 Å². The zero-order valence-electron chi connectivity index (χ0n) is 18.4. The normalized spacial score (nSPS) is 22.1. The van der Waals surface area contributed by atoms with E-state index >= 15 is 0 Å². The SMILES string of the molecule is O=C(NCc1ccccc1CN1CCOCC1)C1CCCN1C1=NS(=O)(=O)c2ccccc21. The highest BCUT2D eigenvalue weighted by molar-refractivity contribution is 7.90. The minimum absolute atomic E-state index is 0.0989. The van der Waals surface area contributed by atoms with Gasteiger partial charge in [-0.2, -0.15) is 8.42 Å². The van der Waals surface area contributed by atoms with Crippen molar-refractivity contribution in [1.82, 2.24) is 15.1 Å². The van der Waals surface area contributed by atoms with E-state index in [4.69, 9.17) is 4.74 Å². The first-order valence-electron chi connectivity index (χ1n) is 11.4. The molecule has 1 unspecified atom stereocenters. The van der Waals surface area contributed by atoms with Gasteiger partial charge in [-0.25, -0.2) is 0 Å². The van der Waals surface area contributed by atoms with Crippen molar-refractivity contribution in [2.24, 2.45) is 4.40 Å². The lowest BCUT2D eigenvalue weighted by molar-refractivity contribution is -0.124. The molecule has 1 amide bonds. The van der Waals surface area contributed by atoms with Gasteiger partial charge in [-0.1, -0.05) is 36.4 Å². The summed E-state index contributed by atoms with van der Waals surface area (Å²) < 4.78 is 34.4. The van der Waals surface area contributed by atoms with Gasteiger partial charge in [-0.15, -0.1) is 4.40 Å². The van der Waals surface area contributed by atoms with Crippen molar-refractivity contribution in [2.45, 2.75) is 36.9 Å². The maximum absolute atomic E-state index is 13.2. The molecule has 2 fully saturated rings. The molecule has 2 aromatic carbocycles. The Morgan fingerprint density at radius 3 is 2.58 bits per heavy atom. The van der Waals surface area contributed by atoms with Crippen LogP contribution >= 0.6 is 0 Å². The lowest BCUT2D eigenvalue weighted by Crippen LogP contribution is -2.45. The quantitative estimate of drug-likeness (QED) is 0.719. The Morgan fingerprint density at radius 1 is 1.03 bits per heavy atom. The lowest BCUT2D eigenvalue weighted by atomic mass is 10.1. The van der Waals surface area contributed by atoms with Gasteiger partial charge in [-0.3, -0.25) is 9.69 Å². The van der Waals surface area contributed by atoms with Crippen LogP contribution in [0.1, 0.15) is 29.5 Å². The van der Waals surface area contributed by atoms with Gasteiger partial charge >= 0.3 is 0 Å². The van der Waals surface area contributed by atoms with Crippen LogP contribution in [0, 0.1) is 0 Å². The molecule has 3 heterocycles. The number of benzene rings is 2. The highest BCUT2D eigenvalue weighted by atomic mass is 32.2. The van der Waals surface area contributed by atoms with Crippen LogP contribution in [0.5, 0.6) is 0 Å². The summed E-state index contributed by atoms with van der Waals surface area (Å²) in [4.78, 5) is 17.6. The van der Waals surface area contributed by atoms with E-state index in [0.717, 1.165) is 44.8 Å². The highest BCUT2D eigenvalue weighted by Gasteiger charge is 2.39. The van der Waals surface area contributed by atoms with Gasteiger partial charge in [0.25, 0.3) is 10.0 Å². The zero-order chi connectivity index (χ0) is 22.8. The summed E-state index contributed by atoms with van der Waals surface area (Å²) in [5, 5.41) is 3.09. The molecule has 1 atom stereocenters. The summed E-state index contributed by atoms with van der Waals surface area (Å²) in [5.74, 6) is 0.286. The largest absolute Gasteiger partial charge is 0.379 e. The fourth-order valence-electron chi connectivity index (χ4n) is 4.77. The number of morpholine rings is 1. The third-order valence-corrected chi connectivity index (χ3v) is 7.83. The molecule has 5 rings (SSSR count). The van der Waals surface area contributed by atoms with Crippen LogP contribution in [0.15, 0.2) is 57.8 Å². The van der Waals surface area contributed by atoms with Crippen molar-refractivity contribution in [3.63, 3.8) is 0 Å². The van der Waals surface area contributed by atoms with Gasteiger partial charge in [0.1, 0.15) is 10.9 Å². The first-order chi connectivity index (χ1) is 16.0. The number of nitrogens with one attached hydrogen (secondary N) is 1. The number of amides is 1. The van der Waals surface area contributed by atoms with E-state index in [1.165, 1.54) is 5.56 Å². The van der Waals surface area contributed by atoms with Crippen molar-refractivity contribution in [3.8, 4) is 0 Å². The Bertz CT molecular complexity index is 1170. The average Bonchev–Trinajstić information content (AvgIpc) is 3.42. The molecule has 0 aromatic heterocycles. The minimum atomic E-state index is -3.72. The molecular formula is C24H28N4O4S. The van der Waals surface area contributed by atoms with Crippen LogP contribution in [-0.4, -0.2) is 68.9 Å². The molecule has 2 saturated heterocycles. The Hall–Kier alpha value is -2.75. The highest BCUT2D eigenvalue weighted by Crippen LogP contribution is 2.31. The molecule has 0 spiro atoms. The summed E-state index contributed by atoms with van der Waals surface area (Å²) in [6.07, 6.45) is 1.48. The zero-order valence-corrected chi connectivity index (χ0v) is 19.3. The third-order valence-electron chi connectivity index (χ3n) is 6.51. The number of amidine groups is 1. The molecule has 0 bridgehead atoms. The molecule has 0 radical (unpaired) electrons. The van der Waals surface area contributed by atoms with E-state index < -0.39 is 16.1 Å². The van der Waals surface area contributed by atoms with Crippen LogP contribution in [-0.2, 0) is 32.6 Å². The first-order valence-corrected chi connectivity index (χ1v) is 12.8. The molecule has 174 valence electrons. The fourth-order valence-corrected chi connectivity index (χ4v) is 5.99. The molecular weight excluding hydrogens is 440 g/mol. The van der Waals surface area contributed by atoms with E-state index in [2.05, 4.69) is 20.7 Å². The molecule has 0 saturated carbocycles. The maximum atomic E-state index is 13.2.